The van der Waals surface area contributed by atoms with Gasteiger partial charge in [-0.15, -0.1) is 0 Å². The highest BCUT2D eigenvalue weighted by molar-refractivity contribution is 5.24. The van der Waals surface area contributed by atoms with Gasteiger partial charge >= 0.3 is 0 Å². The molecule has 1 rings (SSSR count). The summed E-state index contributed by atoms with van der Waals surface area (Å²) < 4.78 is 10.9. The van der Waals surface area contributed by atoms with E-state index in [1.54, 1.807) is 0 Å². The Hall–Kier alpha value is -0.940. The molecule has 0 spiro atoms. The number of benzene rings is 1. The van der Waals surface area contributed by atoms with Gasteiger partial charge in [-0.3, -0.25) is 0 Å². The van der Waals surface area contributed by atoms with Crippen molar-refractivity contribution in [1.82, 2.24) is 0 Å². The van der Waals surface area contributed by atoms with Crippen molar-refractivity contribution in [1.29, 1.82) is 0 Å². The number of rotatable bonds is 8. The van der Waals surface area contributed by atoms with Crippen LogP contribution < -0.4 is 5.73 Å². The van der Waals surface area contributed by atoms with Gasteiger partial charge in [0.1, 0.15) is 0 Å². The molecule has 0 fully saturated rings. The van der Waals surface area contributed by atoms with Crippen LogP contribution in [0.4, 0.5) is 0 Å². The highest BCUT2D eigenvalue weighted by Crippen LogP contribution is 2.18. The SMILES string of the molecule is CCOCC(C)OCC(N)(CO)c1ccccc1. The first-order valence-electron chi connectivity index (χ1n) is 6.27. The van der Waals surface area contributed by atoms with Crippen molar-refractivity contribution in [2.75, 3.05) is 26.4 Å². The maximum atomic E-state index is 9.49. The van der Waals surface area contributed by atoms with E-state index in [0.29, 0.717) is 13.2 Å². The molecule has 4 heteroatoms. The second kappa shape index (κ2) is 7.48. The molecule has 0 heterocycles. The summed E-state index contributed by atoms with van der Waals surface area (Å²) in [7, 11) is 0. The van der Waals surface area contributed by atoms with Crippen LogP contribution in [0.3, 0.4) is 0 Å². The topological polar surface area (TPSA) is 64.7 Å². The van der Waals surface area contributed by atoms with Crippen molar-refractivity contribution in [3.05, 3.63) is 35.9 Å². The van der Waals surface area contributed by atoms with Crippen molar-refractivity contribution in [2.45, 2.75) is 25.5 Å². The predicted octanol–water partition coefficient (Wildman–Crippen LogP) is 1.27. The molecule has 2 atom stereocenters. The summed E-state index contributed by atoms with van der Waals surface area (Å²) in [5.41, 5.74) is 6.19. The molecule has 0 bridgehead atoms. The quantitative estimate of drug-likeness (QED) is 0.732. The fourth-order valence-electron chi connectivity index (χ4n) is 1.61. The third kappa shape index (κ3) is 4.38. The van der Waals surface area contributed by atoms with Gasteiger partial charge in [-0.05, 0) is 19.4 Å². The van der Waals surface area contributed by atoms with Crippen LogP contribution in [0.15, 0.2) is 30.3 Å². The number of ether oxygens (including phenoxy) is 2. The summed E-state index contributed by atoms with van der Waals surface area (Å²) in [6.07, 6.45) is -0.0388. The Morgan fingerprint density at radius 3 is 2.56 bits per heavy atom. The molecular formula is C14H23NO3. The summed E-state index contributed by atoms with van der Waals surface area (Å²) in [6, 6.07) is 9.51. The van der Waals surface area contributed by atoms with Crippen molar-refractivity contribution >= 4 is 0 Å². The smallest absolute Gasteiger partial charge is 0.0881 e. The van der Waals surface area contributed by atoms with E-state index >= 15 is 0 Å². The summed E-state index contributed by atoms with van der Waals surface area (Å²) >= 11 is 0. The lowest BCUT2D eigenvalue weighted by Gasteiger charge is -2.29. The fourth-order valence-corrected chi connectivity index (χ4v) is 1.61. The molecule has 0 aliphatic carbocycles. The van der Waals surface area contributed by atoms with Crippen LogP contribution in [0.5, 0.6) is 0 Å². The molecule has 0 saturated heterocycles. The molecular weight excluding hydrogens is 230 g/mol. The Kier molecular flexibility index (Phi) is 6.29. The lowest BCUT2D eigenvalue weighted by molar-refractivity contribution is -0.0323. The van der Waals surface area contributed by atoms with Crippen LogP contribution in [0.2, 0.25) is 0 Å². The predicted molar refractivity (Wildman–Crippen MR) is 71.3 cm³/mol. The van der Waals surface area contributed by atoms with Gasteiger partial charge in [-0.2, -0.15) is 0 Å². The average molecular weight is 253 g/mol. The van der Waals surface area contributed by atoms with Gasteiger partial charge < -0.3 is 20.3 Å². The number of aliphatic hydroxyl groups excluding tert-OH is 1. The summed E-state index contributed by atoms with van der Waals surface area (Å²) in [5.74, 6) is 0. The maximum absolute atomic E-state index is 9.49. The minimum Gasteiger partial charge on any atom is -0.394 e. The first-order chi connectivity index (χ1) is 8.62. The van der Waals surface area contributed by atoms with E-state index in [1.807, 2.05) is 44.2 Å². The molecule has 0 radical (unpaired) electrons. The van der Waals surface area contributed by atoms with E-state index in [-0.39, 0.29) is 19.3 Å². The van der Waals surface area contributed by atoms with E-state index in [1.165, 1.54) is 0 Å². The number of nitrogens with two attached hydrogens (primary N) is 1. The van der Waals surface area contributed by atoms with E-state index in [2.05, 4.69) is 0 Å². The molecule has 1 aromatic rings. The monoisotopic (exact) mass is 253 g/mol. The van der Waals surface area contributed by atoms with Crippen LogP contribution in [-0.4, -0.2) is 37.6 Å². The Balaban J connectivity index is 2.56. The minimum absolute atomic E-state index is 0.0388. The van der Waals surface area contributed by atoms with Gasteiger partial charge in [-0.1, -0.05) is 30.3 Å². The van der Waals surface area contributed by atoms with Crippen molar-refractivity contribution in [3.63, 3.8) is 0 Å². The Morgan fingerprint density at radius 2 is 2.00 bits per heavy atom. The third-order valence-electron chi connectivity index (χ3n) is 2.81. The van der Waals surface area contributed by atoms with Crippen LogP contribution in [0.1, 0.15) is 19.4 Å². The van der Waals surface area contributed by atoms with E-state index in [0.717, 1.165) is 5.56 Å². The van der Waals surface area contributed by atoms with Gasteiger partial charge in [0.2, 0.25) is 0 Å². The van der Waals surface area contributed by atoms with Crippen LogP contribution in [-0.2, 0) is 15.0 Å². The summed E-state index contributed by atoms with van der Waals surface area (Å²) in [4.78, 5) is 0. The van der Waals surface area contributed by atoms with Gasteiger partial charge in [0.15, 0.2) is 0 Å². The fraction of sp³-hybridized carbons (Fsp3) is 0.571. The molecule has 102 valence electrons. The Labute approximate surface area is 109 Å². The molecule has 1 aromatic carbocycles. The second-order valence-electron chi connectivity index (χ2n) is 4.46. The molecule has 18 heavy (non-hydrogen) atoms. The lowest BCUT2D eigenvalue weighted by Crippen LogP contribution is -2.46. The maximum Gasteiger partial charge on any atom is 0.0881 e. The van der Waals surface area contributed by atoms with Crippen molar-refractivity contribution in [3.8, 4) is 0 Å². The summed E-state index contributed by atoms with van der Waals surface area (Å²) in [6.45, 7) is 5.18. The molecule has 0 aromatic heterocycles. The molecule has 0 aliphatic rings. The largest absolute Gasteiger partial charge is 0.394 e. The average Bonchev–Trinajstić information content (AvgIpc) is 2.43. The van der Waals surface area contributed by atoms with Crippen LogP contribution >= 0.6 is 0 Å². The van der Waals surface area contributed by atoms with E-state index in [9.17, 15) is 5.11 Å². The van der Waals surface area contributed by atoms with Crippen molar-refractivity contribution in [2.24, 2.45) is 5.73 Å². The highest BCUT2D eigenvalue weighted by Gasteiger charge is 2.27. The first-order valence-corrected chi connectivity index (χ1v) is 6.27. The third-order valence-corrected chi connectivity index (χ3v) is 2.81. The van der Waals surface area contributed by atoms with Gasteiger partial charge in [0.25, 0.3) is 0 Å². The number of aliphatic hydroxyl groups is 1. The van der Waals surface area contributed by atoms with E-state index in [4.69, 9.17) is 15.2 Å². The molecule has 0 saturated carbocycles. The Morgan fingerprint density at radius 1 is 1.33 bits per heavy atom. The number of hydrogen-bond acceptors (Lipinski definition) is 4. The Bertz CT molecular complexity index is 331. The molecule has 2 unspecified atom stereocenters. The molecule has 0 aliphatic heterocycles. The van der Waals surface area contributed by atoms with Crippen LogP contribution in [0.25, 0.3) is 0 Å². The zero-order valence-corrected chi connectivity index (χ0v) is 11.1. The minimum atomic E-state index is -0.859. The highest BCUT2D eigenvalue weighted by atomic mass is 16.5. The van der Waals surface area contributed by atoms with E-state index < -0.39 is 5.54 Å². The first kappa shape index (κ1) is 15.1. The molecule has 0 amide bonds. The standard InChI is InChI=1S/C14H23NO3/c1-3-17-9-12(2)18-11-14(15,10-16)13-7-5-4-6-8-13/h4-8,12,16H,3,9-11,15H2,1-2H3. The van der Waals surface area contributed by atoms with Gasteiger partial charge in [0.05, 0.1) is 31.5 Å². The normalized spacial score (nSPS) is 16.2. The zero-order chi connectivity index (χ0) is 13.4. The molecule has 4 nitrogen and oxygen atoms in total. The second-order valence-corrected chi connectivity index (χ2v) is 4.46. The summed E-state index contributed by atoms with van der Waals surface area (Å²) in [5, 5.41) is 9.49. The zero-order valence-electron chi connectivity index (χ0n) is 11.1. The van der Waals surface area contributed by atoms with Crippen molar-refractivity contribution < 1.29 is 14.6 Å². The van der Waals surface area contributed by atoms with Gasteiger partial charge in [-0.25, -0.2) is 0 Å². The number of hydrogen-bond donors (Lipinski definition) is 2. The lowest BCUT2D eigenvalue weighted by atomic mass is 9.93. The van der Waals surface area contributed by atoms with Crippen LogP contribution in [0, 0.1) is 0 Å². The molecule has 3 N–H and O–H groups in total. The van der Waals surface area contributed by atoms with Gasteiger partial charge in [0, 0.05) is 6.61 Å².